The second-order valence-corrected chi connectivity index (χ2v) is 3.64. The van der Waals surface area contributed by atoms with Crippen molar-refractivity contribution >= 4 is 5.71 Å². The molecule has 0 spiro atoms. The fraction of sp³-hybridized carbons (Fsp3) is 0.700. The third-order valence-electron chi connectivity index (χ3n) is 2.74. The van der Waals surface area contributed by atoms with Gasteiger partial charge in [0.2, 0.25) is 0 Å². The van der Waals surface area contributed by atoms with Gasteiger partial charge < -0.3 is 10.1 Å². The Morgan fingerprint density at radius 1 is 1.38 bits per heavy atom. The lowest BCUT2D eigenvalue weighted by molar-refractivity contribution is 0.0243. The van der Waals surface area contributed by atoms with Crippen molar-refractivity contribution < 1.29 is 4.74 Å². The van der Waals surface area contributed by atoms with Crippen LogP contribution in [0.1, 0.15) is 12.8 Å². The summed E-state index contributed by atoms with van der Waals surface area (Å²) in [6.45, 7) is 3.81. The Morgan fingerprint density at radius 2 is 2.15 bits per heavy atom. The number of morpholine rings is 1. The minimum absolute atomic E-state index is 0.554. The number of hydrogen-bond acceptors (Lipinski definition) is 3. The number of hydrogen-bond donors (Lipinski definition) is 1. The fourth-order valence-electron chi connectivity index (χ4n) is 1.92. The van der Waals surface area contributed by atoms with Gasteiger partial charge in [0.1, 0.15) is 0 Å². The van der Waals surface area contributed by atoms with E-state index in [2.05, 4.69) is 11.0 Å². The molecule has 2 aliphatic rings. The highest BCUT2D eigenvalue weighted by Gasteiger charge is 2.20. The molecule has 0 aromatic carbocycles. The highest BCUT2D eigenvalue weighted by Crippen LogP contribution is 2.15. The molecule has 13 heavy (non-hydrogen) atoms. The van der Waals surface area contributed by atoms with E-state index in [0.29, 0.717) is 6.04 Å². The quantitative estimate of drug-likeness (QED) is 0.655. The first-order chi connectivity index (χ1) is 6.36. The molecule has 1 aliphatic heterocycles. The minimum atomic E-state index is 0.554. The first-order valence-electron chi connectivity index (χ1n) is 4.94. The number of rotatable bonds is 1. The third kappa shape index (κ3) is 2.17. The normalized spacial score (nSPS) is 30.8. The largest absolute Gasteiger partial charge is 0.379 e. The Morgan fingerprint density at radius 3 is 2.77 bits per heavy atom. The van der Waals surface area contributed by atoms with E-state index in [0.717, 1.165) is 44.9 Å². The van der Waals surface area contributed by atoms with Gasteiger partial charge in [0.15, 0.2) is 0 Å². The van der Waals surface area contributed by atoms with E-state index in [1.54, 1.807) is 0 Å². The lowest BCUT2D eigenvalue weighted by Gasteiger charge is -2.34. The smallest absolute Gasteiger partial charge is 0.0594 e. The molecule has 0 radical (unpaired) electrons. The predicted molar refractivity (Wildman–Crippen MR) is 52.3 cm³/mol. The van der Waals surface area contributed by atoms with Crippen LogP contribution in [0.2, 0.25) is 0 Å². The number of ether oxygens (including phenoxy) is 1. The van der Waals surface area contributed by atoms with Gasteiger partial charge in [-0.15, -0.1) is 0 Å². The van der Waals surface area contributed by atoms with Crippen LogP contribution in [0.25, 0.3) is 0 Å². The van der Waals surface area contributed by atoms with Crippen LogP contribution in [-0.2, 0) is 4.74 Å². The van der Waals surface area contributed by atoms with Crippen molar-refractivity contribution in [3.05, 3.63) is 12.2 Å². The van der Waals surface area contributed by atoms with Gasteiger partial charge in [0.05, 0.1) is 13.2 Å². The molecule has 0 aromatic rings. The summed E-state index contributed by atoms with van der Waals surface area (Å²) >= 11 is 0. The van der Waals surface area contributed by atoms with E-state index < -0.39 is 0 Å². The first kappa shape index (κ1) is 8.91. The molecule has 0 bridgehead atoms. The summed E-state index contributed by atoms with van der Waals surface area (Å²) in [6, 6.07) is 0.554. The molecule has 1 aliphatic carbocycles. The van der Waals surface area contributed by atoms with E-state index in [9.17, 15) is 0 Å². The van der Waals surface area contributed by atoms with Crippen molar-refractivity contribution in [2.24, 2.45) is 0 Å². The van der Waals surface area contributed by atoms with Crippen LogP contribution in [0.3, 0.4) is 0 Å². The molecule has 1 unspecified atom stereocenters. The molecule has 1 N–H and O–H groups in total. The average molecular weight is 180 g/mol. The van der Waals surface area contributed by atoms with E-state index in [1.165, 1.54) is 0 Å². The standard InChI is InChI=1S/C10H16N2O/c11-9-1-3-10(4-2-9)12-5-7-13-8-6-12/h1,3,10-11H,2,4-8H2. The third-order valence-corrected chi connectivity index (χ3v) is 2.74. The van der Waals surface area contributed by atoms with Crippen molar-refractivity contribution in [1.82, 2.24) is 4.90 Å². The Labute approximate surface area is 78.9 Å². The second-order valence-electron chi connectivity index (χ2n) is 3.64. The van der Waals surface area contributed by atoms with E-state index >= 15 is 0 Å². The zero-order chi connectivity index (χ0) is 9.10. The molecule has 1 saturated heterocycles. The van der Waals surface area contributed by atoms with Crippen LogP contribution in [0.5, 0.6) is 0 Å². The van der Waals surface area contributed by atoms with Crippen molar-refractivity contribution in [2.45, 2.75) is 18.9 Å². The summed E-state index contributed by atoms with van der Waals surface area (Å²) in [5.74, 6) is 0. The highest BCUT2D eigenvalue weighted by molar-refractivity contribution is 5.93. The summed E-state index contributed by atoms with van der Waals surface area (Å²) in [7, 11) is 0. The number of nitrogens with zero attached hydrogens (tertiary/aromatic N) is 1. The average Bonchev–Trinajstić information content (AvgIpc) is 2.20. The zero-order valence-electron chi connectivity index (χ0n) is 7.83. The summed E-state index contributed by atoms with van der Waals surface area (Å²) in [4.78, 5) is 2.45. The Kier molecular flexibility index (Phi) is 2.76. The molecule has 3 heteroatoms. The lowest BCUT2D eigenvalue weighted by Crippen LogP contribution is -2.43. The van der Waals surface area contributed by atoms with Crippen LogP contribution >= 0.6 is 0 Å². The van der Waals surface area contributed by atoms with Crippen LogP contribution in [0, 0.1) is 5.41 Å². The van der Waals surface area contributed by atoms with Crippen LogP contribution in [0.4, 0.5) is 0 Å². The summed E-state index contributed by atoms with van der Waals surface area (Å²) in [5.41, 5.74) is 0.768. The van der Waals surface area contributed by atoms with E-state index in [1.807, 2.05) is 6.08 Å². The maximum atomic E-state index is 7.46. The maximum absolute atomic E-state index is 7.46. The molecular formula is C10H16N2O. The Hall–Kier alpha value is -0.670. The minimum Gasteiger partial charge on any atom is -0.379 e. The molecule has 3 nitrogen and oxygen atoms in total. The van der Waals surface area contributed by atoms with Gasteiger partial charge in [-0.3, -0.25) is 4.90 Å². The summed E-state index contributed by atoms with van der Waals surface area (Å²) in [6.07, 6.45) is 6.15. The van der Waals surface area contributed by atoms with Crippen LogP contribution < -0.4 is 0 Å². The molecule has 0 amide bonds. The van der Waals surface area contributed by atoms with Gasteiger partial charge in [-0.1, -0.05) is 6.08 Å². The van der Waals surface area contributed by atoms with E-state index in [-0.39, 0.29) is 0 Å². The van der Waals surface area contributed by atoms with Gasteiger partial charge in [-0.05, 0) is 18.9 Å². The molecular weight excluding hydrogens is 164 g/mol. The van der Waals surface area contributed by atoms with Gasteiger partial charge in [0.25, 0.3) is 0 Å². The lowest BCUT2D eigenvalue weighted by atomic mass is 10.00. The molecule has 2 rings (SSSR count). The predicted octanol–water partition coefficient (Wildman–Crippen LogP) is 1.06. The summed E-state index contributed by atoms with van der Waals surface area (Å²) < 4.78 is 5.30. The van der Waals surface area contributed by atoms with Crippen LogP contribution in [-0.4, -0.2) is 43.0 Å². The van der Waals surface area contributed by atoms with Crippen molar-refractivity contribution in [1.29, 1.82) is 5.41 Å². The SMILES string of the molecule is N=C1C=CC(N2CCOCC2)CC1. The van der Waals surface area contributed by atoms with Crippen molar-refractivity contribution in [3.8, 4) is 0 Å². The second kappa shape index (κ2) is 4.03. The van der Waals surface area contributed by atoms with Gasteiger partial charge >= 0.3 is 0 Å². The van der Waals surface area contributed by atoms with Crippen molar-refractivity contribution in [2.75, 3.05) is 26.3 Å². The van der Waals surface area contributed by atoms with E-state index in [4.69, 9.17) is 10.1 Å². The molecule has 1 heterocycles. The molecule has 0 aromatic heterocycles. The number of allylic oxidation sites excluding steroid dienone is 1. The molecule has 1 fully saturated rings. The maximum Gasteiger partial charge on any atom is 0.0594 e. The molecule has 72 valence electrons. The number of nitrogens with one attached hydrogen (secondary N) is 1. The first-order valence-corrected chi connectivity index (χ1v) is 4.94. The van der Waals surface area contributed by atoms with Crippen LogP contribution in [0.15, 0.2) is 12.2 Å². The fourth-order valence-corrected chi connectivity index (χ4v) is 1.92. The van der Waals surface area contributed by atoms with Gasteiger partial charge in [0, 0.05) is 24.8 Å². The van der Waals surface area contributed by atoms with Gasteiger partial charge in [-0.2, -0.15) is 0 Å². The zero-order valence-corrected chi connectivity index (χ0v) is 7.83. The Balaban J connectivity index is 1.92. The van der Waals surface area contributed by atoms with Gasteiger partial charge in [-0.25, -0.2) is 0 Å². The molecule has 1 atom stereocenters. The molecule has 0 saturated carbocycles. The highest BCUT2D eigenvalue weighted by atomic mass is 16.5. The topological polar surface area (TPSA) is 36.3 Å². The van der Waals surface area contributed by atoms with Crippen molar-refractivity contribution in [3.63, 3.8) is 0 Å². The monoisotopic (exact) mass is 180 g/mol. The Bertz CT molecular complexity index is 219. The summed E-state index contributed by atoms with van der Waals surface area (Å²) in [5, 5.41) is 7.46.